The number of unbranched alkanes of at least 4 members (excludes halogenated alkanes) is 13. The number of hydrogen-bond acceptors (Lipinski definition) is 4. The minimum Gasteiger partial charge on any atom is -0.457 e. The lowest BCUT2D eigenvalue weighted by Crippen LogP contribution is -2.27. The van der Waals surface area contributed by atoms with E-state index >= 15 is 0 Å². The predicted octanol–water partition coefficient (Wildman–Crippen LogP) is 9.03. The molecule has 0 fully saturated rings. The van der Waals surface area contributed by atoms with Gasteiger partial charge in [0, 0.05) is 13.0 Å². The number of esters is 1. The highest BCUT2D eigenvalue weighted by molar-refractivity contribution is 5.69. The molecule has 4 heteroatoms. The number of aliphatic hydroxyl groups excluding tert-OH is 1. The summed E-state index contributed by atoms with van der Waals surface area (Å²) in [5.41, 5.74) is 0. The first-order valence-corrected chi connectivity index (χ1v) is 15.1. The largest absolute Gasteiger partial charge is 0.457 e. The Labute approximate surface area is 223 Å². The lowest BCUT2D eigenvalue weighted by Gasteiger charge is -2.15. The zero-order valence-corrected chi connectivity index (χ0v) is 23.8. The fourth-order valence-electron chi connectivity index (χ4n) is 3.90. The van der Waals surface area contributed by atoms with Gasteiger partial charge in [-0.15, -0.1) is 0 Å². The molecule has 0 aliphatic heterocycles. The van der Waals surface area contributed by atoms with Crippen LogP contribution >= 0.6 is 0 Å². The Morgan fingerprint density at radius 2 is 1.17 bits per heavy atom. The van der Waals surface area contributed by atoms with Crippen LogP contribution < -0.4 is 0 Å². The highest BCUT2D eigenvalue weighted by Gasteiger charge is 2.13. The van der Waals surface area contributed by atoms with Crippen molar-refractivity contribution in [1.29, 1.82) is 0 Å². The average Bonchev–Trinajstić information content (AvgIpc) is 2.89. The molecule has 0 bridgehead atoms. The minimum absolute atomic E-state index is 0.180. The Kier molecular flexibility index (Phi) is 28.7. The third kappa shape index (κ3) is 27.2. The molecule has 210 valence electrons. The maximum absolute atomic E-state index is 11.6. The first kappa shape index (κ1) is 34.6. The van der Waals surface area contributed by atoms with Gasteiger partial charge in [0.25, 0.3) is 0 Å². The first-order chi connectivity index (χ1) is 17.7. The summed E-state index contributed by atoms with van der Waals surface area (Å²) in [4.78, 5) is 11.6. The monoisotopic (exact) mass is 506 g/mol. The summed E-state index contributed by atoms with van der Waals surface area (Å²) in [5.74, 6) is -0.242. The van der Waals surface area contributed by atoms with Crippen molar-refractivity contribution in [3.8, 4) is 0 Å². The van der Waals surface area contributed by atoms with Gasteiger partial charge in [-0.05, 0) is 51.4 Å². The van der Waals surface area contributed by atoms with Crippen LogP contribution in [0.4, 0.5) is 0 Å². The zero-order chi connectivity index (χ0) is 26.4. The maximum Gasteiger partial charge on any atom is 0.306 e. The lowest BCUT2D eigenvalue weighted by molar-refractivity contribution is -0.154. The summed E-state index contributed by atoms with van der Waals surface area (Å²) in [6.45, 7) is 5.07. The molecule has 1 atom stereocenters. The van der Waals surface area contributed by atoms with Crippen molar-refractivity contribution in [2.75, 3.05) is 19.8 Å². The molecule has 36 heavy (non-hydrogen) atoms. The molecular formula is C32H58O4. The van der Waals surface area contributed by atoms with E-state index in [1.807, 2.05) is 6.92 Å². The van der Waals surface area contributed by atoms with Gasteiger partial charge in [-0.1, -0.05) is 115 Å². The van der Waals surface area contributed by atoms with E-state index in [-0.39, 0.29) is 19.2 Å². The number of rotatable bonds is 27. The van der Waals surface area contributed by atoms with Crippen molar-refractivity contribution < 1.29 is 19.4 Å². The Morgan fingerprint density at radius 1 is 0.667 bits per heavy atom. The normalized spacial score (nSPS) is 12.9. The van der Waals surface area contributed by atoms with Crippen molar-refractivity contribution in [1.82, 2.24) is 0 Å². The number of allylic oxidation sites excluding steroid dienone is 6. The molecule has 0 aliphatic carbocycles. The fourth-order valence-corrected chi connectivity index (χ4v) is 3.90. The van der Waals surface area contributed by atoms with Gasteiger partial charge in [0.15, 0.2) is 0 Å². The summed E-state index contributed by atoms with van der Waals surface area (Å²) in [6.07, 6.45) is 35.4. The van der Waals surface area contributed by atoms with Crippen molar-refractivity contribution in [3.05, 3.63) is 36.5 Å². The second kappa shape index (κ2) is 29.8. The second-order valence-corrected chi connectivity index (χ2v) is 9.82. The summed E-state index contributed by atoms with van der Waals surface area (Å²) in [7, 11) is 0. The highest BCUT2D eigenvalue weighted by atomic mass is 16.6. The number of carbonyl (C=O) groups excluding carboxylic acids is 1. The number of carbonyl (C=O) groups is 1. The average molecular weight is 507 g/mol. The molecule has 1 unspecified atom stereocenters. The van der Waals surface area contributed by atoms with Gasteiger partial charge >= 0.3 is 5.97 Å². The molecule has 0 radical (unpaired) electrons. The summed E-state index contributed by atoms with van der Waals surface area (Å²) >= 11 is 0. The number of hydrogen-bond donors (Lipinski definition) is 1. The summed E-state index contributed by atoms with van der Waals surface area (Å²) < 4.78 is 10.8. The zero-order valence-electron chi connectivity index (χ0n) is 23.8. The fraction of sp³-hybridized carbons (Fsp3) is 0.781. The van der Waals surface area contributed by atoms with Gasteiger partial charge < -0.3 is 14.6 Å². The maximum atomic E-state index is 11.6. The molecule has 4 nitrogen and oxygen atoms in total. The Hall–Kier alpha value is -1.39. The van der Waals surface area contributed by atoms with Crippen LogP contribution in [0.15, 0.2) is 36.5 Å². The molecule has 0 aromatic heterocycles. The smallest absolute Gasteiger partial charge is 0.306 e. The van der Waals surface area contributed by atoms with Gasteiger partial charge in [0.2, 0.25) is 0 Å². The van der Waals surface area contributed by atoms with Crippen LogP contribution in [0.5, 0.6) is 0 Å². The molecule has 0 rings (SSSR count). The van der Waals surface area contributed by atoms with Crippen LogP contribution in [-0.2, 0) is 14.3 Å². The van der Waals surface area contributed by atoms with E-state index < -0.39 is 6.10 Å². The molecule has 0 saturated heterocycles. The second-order valence-electron chi connectivity index (χ2n) is 9.82. The molecule has 0 heterocycles. The first-order valence-electron chi connectivity index (χ1n) is 15.1. The van der Waals surface area contributed by atoms with Crippen molar-refractivity contribution >= 4 is 5.97 Å². The predicted molar refractivity (Wildman–Crippen MR) is 154 cm³/mol. The molecule has 0 saturated carbocycles. The summed E-state index contributed by atoms with van der Waals surface area (Å²) in [6, 6.07) is 0. The SMILES string of the molecule is CCCCCCC/C=C\C/C=C\C/C=C\CCCCCCCCCOCC(CO)OC(=O)CCCC. The Bertz CT molecular complexity index is 538. The van der Waals surface area contributed by atoms with E-state index in [0.717, 1.165) is 32.1 Å². The Morgan fingerprint density at radius 3 is 1.72 bits per heavy atom. The summed E-state index contributed by atoms with van der Waals surface area (Å²) in [5, 5.41) is 9.32. The highest BCUT2D eigenvalue weighted by Crippen LogP contribution is 2.10. The molecule has 0 aliphatic rings. The van der Waals surface area contributed by atoms with Gasteiger partial charge in [-0.25, -0.2) is 0 Å². The van der Waals surface area contributed by atoms with Crippen molar-refractivity contribution in [3.63, 3.8) is 0 Å². The van der Waals surface area contributed by atoms with Gasteiger partial charge in [-0.3, -0.25) is 4.79 Å². The van der Waals surface area contributed by atoms with Gasteiger partial charge in [0.1, 0.15) is 6.10 Å². The van der Waals surface area contributed by atoms with Crippen molar-refractivity contribution in [2.24, 2.45) is 0 Å². The minimum atomic E-state index is -0.531. The van der Waals surface area contributed by atoms with Crippen molar-refractivity contribution in [2.45, 2.75) is 142 Å². The van der Waals surface area contributed by atoms with Crippen LogP contribution in [0.1, 0.15) is 136 Å². The molecule has 1 N–H and O–H groups in total. The molecule has 0 aromatic rings. The van der Waals surface area contributed by atoms with E-state index in [9.17, 15) is 9.90 Å². The van der Waals surface area contributed by atoms with Crippen LogP contribution in [0, 0.1) is 0 Å². The van der Waals surface area contributed by atoms with Crippen LogP contribution in [0.2, 0.25) is 0 Å². The molecule has 0 amide bonds. The topological polar surface area (TPSA) is 55.8 Å². The van der Waals surface area contributed by atoms with Crippen LogP contribution in [0.3, 0.4) is 0 Å². The van der Waals surface area contributed by atoms with E-state index in [4.69, 9.17) is 9.47 Å². The quantitative estimate of drug-likeness (QED) is 0.0686. The van der Waals surface area contributed by atoms with Crippen LogP contribution in [-0.4, -0.2) is 37.0 Å². The third-order valence-electron chi connectivity index (χ3n) is 6.22. The molecule has 0 aromatic carbocycles. The van der Waals surface area contributed by atoms with Gasteiger partial charge in [-0.2, -0.15) is 0 Å². The van der Waals surface area contributed by atoms with E-state index in [1.54, 1.807) is 0 Å². The number of aliphatic hydroxyl groups is 1. The number of ether oxygens (including phenoxy) is 2. The van der Waals surface area contributed by atoms with E-state index in [2.05, 4.69) is 43.4 Å². The van der Waals surface area contributed by atoms with Crippen LogP contribution in [0.25, 0.3) is 0 Å². The van der Waals surface area contributed by atoms with E-state index in [1.165, 1.54) is 83.5 Å². The van der Waals surface area contributed by atoms with Gasteiger partial charge in [0.05, 0.1) is 13.2 Å². The standard InChI is InChI=1S/C32H58O4/c1-3-5-7-8-9-10-11-12-13-14-15-16-17-18-19-20-21-22-23-24-25-26-28-35-30-31(29-33)36-32(34)27-6-4-2/h11-12,14-15,17-18,31,33H,3-10,13,16,19-30H2,1-2H3/b12-11-,15-14-,18-17-. The lowest BCUT2D eigenvalue weighted by atomic mass is 10.1. The molecular weight excluding hydrogens is 448 g/mol. The van der Waals surface area contributed by atoms with E-state index in [0.29, 0.717) is 13.0 Å². The molecule has 0 spiro atoms. The third-order valence-corrected chi connectivity index (χ3v) is 6.22. The Balaban J connectivity index is 3.39.